The highest BCUT2D eigenvalue weighted by molar-refractivity contribution is 6.04. The first-order valence-corrected chi connectivity index (χ1v) is 10.6. The van der Waals surface area contributed by atoms with Gasteiger partial charge in [0, 0.05) is 23.5 Å². The third kappa shape index (κ3) is 5.02. The second-order valence-electron chi connectivity index (χ2n) is 7.82. The predicted octanol–water partition coefficient (Wildman–Crippen LogP) is 4.03. The number of nitrogens with one attached hydrogen (secondary N) is 1. The maximum Gasteiger partial charge on any atom is 0.339 e. The summed E-state index contributed by atoms with van der Waals surface area (Å²) in [7, 11) is 1.62. The van der Waals surface area contributed by atoms with Crippen LogP contribution >= 0.6 is 0 Å². The van der Waals surface area contributed by atoms with E-state index in [1.54, 1.807) is 14.0 Å². The summed E-state index contributed by atoms with van der Waals surface area (Å²) >= 11 is 0. The minimum Gasteiger partial charge on any atom is -0.497 e. The maximum atomic E-state index is 12.9. The minimum atomic E-state index is -0.889. The average molecular weight is 418 g/mol. The molecule has 160 valence electrons. The molecule has 1 aliphatic carbocycles. The molecule has 1 heterocycles. The standard InChI is InChI=1S/C25H26N2O4/c1-16(24(28)26-14-13-17-7-11-19(30-2)12-8-17)31-25(29)21-15-23(18-9-10-18)27-22-6-4-3-5-20(21)22/h3-8,11-12,15-16,18H,9-10,13-14H2,1-2H3,(H,26,28)/t16-/m0/s1. The van der Waals surface area contributed by atoms with Crippen molar-refractivity contribution < 1.29 is 19.1 Å². The molecule has 0 spiro atoms. The molecule has 1 saturated carbocycles. The van der Waals surface area contributed by atoms with E-state index in [-0.39, 0.29) is 5.91 Å². The number of fused-ring (bicyclic) bond motifs is 1. The van der Waals surface area contributed by atoms with Crippen molar-refractivity contribution in [3.8, 4) is 5.75 Å². The van der Waals surface area contributed by atoms with Crippen LogP contribution in [0.1, 0.15) is 47.3 Å². The summed E-state index contributed by atoms with van der Waals surface area (Å²) in [5, 5.41) is 3.57. The Morgan fingerprint density at radius 3 is 2.58 bits per heavy atom. The van der Waals surface area contributed by atoms with Crippen LogP contribution in [0.25, 0.3) is 10.9 Å². The van der Waals surface area contributed by atoms with Crippen molar-refractivity contribution >= 4 is 22.8 Å². The molecule has 0 saturated heterocycles. The summed E-state index contributed by atoms with van der Waals surface area (Å²) in [5.74, 6) is 0.387. The van der Waals surface area contributed by atoms with Crippen LogP contribution in [-0.2, 0) is 16.0 Å². The molecular weight excluding hydrogens is 392 g/mol. The molecule has 1 atom stereocenters. The normalized spacial score (nSPS) is 14.1. The van der Waals surface area contributed by atoms with Gasteiger partial charge in [0.2, 0.25) is 0 Å². The zero-order valence-electron chi connectivity index (χ0n) is 17.8. The van der Waals surface area contributed by atoms with Crippen LogP contribution in [0.2, 0.25) is 0 Å². The van der Waals surface area contributed by atoms with E-state index >= 15 is 0 Å². The number of hydrogen-bond donors (Lipinski definition) is 1. The third-order valence-corrected chi connectivity index (χ3v) is 5.48. The second kappa shape index (κ2) is 9.16. The number of rotatable bonds is 8. The van der Waals surface area contributed by atoms with Crippen molar-refractivity contribution in [2.75, 3.05) is 13.7 Å². The Hall–Kier alpha value is -3.41. The van der Waals surface area contributed by atoms with Crippen molar-refractivity contribution in [2.45, 2.75) is 38.2 Å². The summed E-state index contributed by atoms with van der Waals surface area (Å²) in [6, 6.07) is 17.0. The fourth-order valence-corrected chi connectivity index (χ4v) is 3.50. The number of esters is 1. The molecule has 31 heavy (non-hydrogen) atoms. The SMILES string of the molecule is COc1ccc(CCNC(=O)[C@H](C)OC(=O)c2cc(C3CC3)nc3ccccc23)cc1. The monoisotopic (exact) mass is 418 g/mol. The van der Waals surface area contributed by atoms with Crippen LogP contribution in [0.4, 0.5) is 0 Å². The van der Waals surface area contributed by atoms with Crippen LogP contribution in [0.3, 0.4) is 0 Å². The lowest BCUT2D eigenvalue weighted by atomic mass is 10.1. The molecule has 1 fully saturated rings. The zero-order chi connectivity index (χ0) is 21.8. The first kappa shape index (κ1) is 20.8. The van der Waals surface area contributed by atoms with E-state index in [0.29, 0.717) is 24.4 Å². The average Bonchev–Trinajstić information content (AvgIpc) is 3.64. The first-order chi connectivity index (χ1) is 15.0. The predicted molar refractivity (Wildman–Crippen MR) is 118 cm³/mol. The molecule has 6 nitrogen and oxygen atoms in total. The van der Waals surface area contributed by atoms with Crippen LogP contribution in [-0.4, -0.2) is 36.6 Å². The summed E-state index contributed by atoms with van der Waals surface area (Å²) in [6.07, 6.45) is 1.97. The van der Waals surface area contributed by atoms with E-state index in [2.05, 4.69) is 10.3 Å². The molecule has 4 rings (SSSR count). The van der Waals surface area contributed by atoms with E-state index < -0.39 is 12.1 Å². The second-order valence-corrected chi connectivity index (χ2v) is 7.82. The largest absolute Gasteiger partial charge is 0.497 e. The lowest BCUT2D eigenvalue weighted by Crippen LogP contribution is -2.37. The molecule has 1 aromatic heterocycles. The smallest absolute Gasteiger partial charge is 0.339 e. The van der Waals surface area contributed by atoms with Crippen molar-refractivity contribution in [2.24, 2.45) is 0 Å². The summed E-state index contributed by atoms with van der Waals surface area (Å²) in [4.78, 5) is 30.0. The number of hydrogen-bond acceptors (Lipinski definition) is 5. The van der Waals surface area contributed by atoms with Crippen LogP contribution < -0.4 is 10.1 Å². The van der Waals surface area contributed by atoms with Gasteiger partial charge in [-0.1, -0.05) is 30.3 Å². The molecule has 0 bridgehead atoms. The van der Waals surface area contributed by atoms with Gasteiger partial charge in [-0.25, -0.2) is 4.79 Å². The van der Waals surface area contributed by atoms with Gasteiger partial charge in [0.15, 0.2) is 6.10 Å². The third-order valence-electron chi connectivity index (χ3n) is 5.48. The highest BCUT2D eigenvalue weighted by atomic mass is 16.5. The van der Waals surface area contributed by atoms with Crippen LogP contribution in [0, 0.1) is 0 Å². The fourth-order valence-electron chi connectivity index (χ4n) is 3.50. The van der Waals surface area contributed by atoms with E-state index in [1.807, 2.05) is 54.6 Å². The molecule has 0 unspecified atom stereocenters. The number of para-hydroxylation sites is 1. The fraction of sp³-hybridized carbons (Fsp3) is 0.320. The number of methoxy groups -OCH3 is 1. The van der Waals surface area contributed by atoms with Gasteiger partial charge in [-0.2, -0.15) is 0 Å². The highest BCUT2D eigenvalue weighted by Crippen LogP contribution is 2.40. The Bertz CT molecular complexity index is 1090. The minimum absolute atomic E-state index is 0.317. The van der Waals surface area contributed by atoms with Crippen molar-refractivity contribution in [1.29, 1.82) is 0 Å². The lowest BCUT2D eigenvalue weighted by Gasteiger charge is -2.15. The van der Waals surface area contributed by atoms with Crippen molar-refractivity contribution in [3.05, 3.63) is 71.4 Å². The number of aromatic nitrogens is 1. The summed E-state index contributed by atoms with van der Waals surface area (Å²) in [6.45, 7) is 2.04. The highest BCUT2D eigenvalue weighted by Gasteiger charge is 2.28. The Labute approximate surface area is 181 Å². The van der Waals surface area contributed by atoms with Crippen LogP contribution in [0.5, 0.6) is 5.75 Å². The van der Waals surface area contributed by atoms with Gasteiger partial charge in [-0.3, -0.25) is 9.78 Å². The zero-order valence-corrected chi connectivity index (χ0v) is 17.8. The number of benzene rings is 2. The summed E-state index contributed by atoms with van der Waals surface area (Å²) < 4.78 is 10.6. The number of pyridine rings is 1. The molecular formula is C25H26N2O4. The van der Waals surface area contributed by atoms with Gasteiger partial charge in [0.05, 0.1) is 18.2 Å². The Balaban J connectivity index is 1.37. The van der Waals surface area contributed by atoms with Gasteiger partial charge in [-0.15, -0.1) is 0 Å². The van der Waals surface area contributed by atoms with E-state index in [4.69, 9.17) is 9.47 Å². The number of carbonyl (C=O) groups is 2. The molecule has 0 aliphatic heterocycles. The van der Waals surface area contributed by atoms with Gasteiger partial charge in [0.25, 0.3) is 5.91 Å². The topological polar surface area (TPSA) is 77.5 Å². The van der Waals surface area contributed by atoms with E-state index in [0.717, 1.165) is 40.8 Å². The summed E-state index contributed by atoms with van der Waals surface area (Å²) in [5.41, 5.74) is 3.24. The van der Waals surface area contributed by atoms with E-state index in [9.17, 15) is 9.59 Å². The van der Waals surface area contributed by atoms with Crippen LogP contribution in [0.15, 0.2) is 54.6 Å². The van der Waals surface area contributed by atoms with Gasteiger partial charge in [-0.05, 0) is 56.0 Å². The molecule has 1 aliphatic rings. The maximum absolute atomic E-state index is 12.9. The molecule has 2 aromatic carbocycles. The number of carbonyl (C=O) groups excluding carboxylic acids is 2. The lowest BCUT2D eigenvalue weighted by molar-refractivity contribution is -0.129. The van der Waals surface area contributed by atoms with Gasteiger partial charge in [0.1, 0.15) is 5.75 Å². The van der Waals surface area contributed by atoms with Crippen molar-refractivity contribution in [1.82, 2.24) is 10.3 Å². The molecule has 3 aromatic rings. The molecule has 6 heteroatoms. The van der Waals surface area contributed by atoms with Gasteiger partial charge < -0.3 is 14.8 Å². The molecule has 0 radical (unpaired) electrons. The van der Waals surface area contributed by atoms with Crippen molar-refractivity contribution in [3.63, 3.8) is 0 Å². The number of ether oxygens (including phenoxy) is 2. The number of nitrogens with zero attached hydrogens (tertiary/aromatic N) is 1. The molecule has 1 amide bonds. The quantitative estimate of drug-likeness (QED) is 0.559. The first-order valence-electron chi connectivity index (χ1n) is 10.6. The Morgan fingerprint density at radius 1 is 1.13 bits per heavy atom. The number of amides is 1. The molecule has 1 N–H and O–H groups in total. The van der Waals surface area contributed by atoms with Gasteiger partial charge >= 0.3 is 5.97 Å². The Kier molecular flexibility index (Phi) is 6.16. The Morgan fingerprint density at radius 2 is 1.87 bits per heavy atom. The van der Waals surface area contributed by atoms with E-state index in [1.165, 1.54) is 0 Å².